The highest BCUT2D eigenvalue weighted by atomic mass is 79.9. The highest BCUT2D eigenvalue weighted by Crippen LogP contribution is 2.16. The standard InChI is InChI=1S/C15H12BrFO2/c16-12-6-7-13(14(17)8-12)15(18)10-19-9-11-4-2-1-3-5-11/h1-8H,9-10H2. The molecule has 0 aliphatic heterocycles. The lowest BCUT2D eigenvalue weighted by atomic mass is 10.1. The molecule has 0 aliphatic carbocycles. The van der Waals surface area contributed by atoms with Gasteiger partial charge in [0.15, 0.2) is 5.78 Å². The quantitative estimate of drug-likeness (QED) is 0.778. The fraction of sp³-hybridized carbons (Fsp3) is 0.133. The SMILES string of the molecule is O=C(COCc1ccccc1)c1ccc(Br)cc1F. The van der Waals surface area contributed by atoms with Crippen molar-refractivity contribution in [1.82, 2.24) is 0 Å². The van der Waals surface area contributed by atoms with E-state index in [1.165, 1.54) is 12.1 Å². The molecule has 0 amide bonds. The molecule has 2 rings (SSSR count). The molecule has 98 valence electrons. The van der Waals surface area contributed by atoms with Crippen molar-refractivity contribution in [3.63, 3.8) is 0 Å². The van der Waals surface area contributed by atoms with Crippen LogP contribution in [0.25, 0.3) is 0 Å². The highest BCUT2D eigenvalue weighted by molar-refractivity contribution is 9.10. The van der Waals surface area contributed by atoms with Crippen LogP contribution in [0.5, 0.6) is 0 Å². The van der Waals surface area contributed by atoms with Crippen molar-refractivity contribution >= 4 is 21.7 Å². The van der Waals surface area contributed by atoms with E-state index in [4.69, 9.17) is 4.74 Å². The topological polar surface area (TPSA) is 26.3 Å². The molecule has 0 aliphatic rings. The van der Waals surface area contributed by atoms with E-state index in [1.54, 1.807) is 6.07 Å². The maximum atomic E-state index is 13.5. The van der Waals surface area contributed by atoms with Gasteiger partial charge in [-0.1, -0.05) is 46.3 Å². The Balaban J connectivity index is 1.91. The lowest BCUT2D eigenvalue weighted by molar-refractivity contribution is 0.0722. The van der Waals surface area contributed by atoms with E-state index in [-0.39, 0.29) is 18.0 Å². The summed E-state index contributed by atoms with van der Waals surface area (Å²) < 4.78 is 19.4. The highest BCUT2D eigenvalue weighted by Gasteiger charge is 2.11. The van der Waals surface area contributed by atoms with Gasteiger partial charge in [0.1, 0.15) is 12.4 Å². The average Bonchev–Trinajstić information content (AvgIpc) is 2.39. The molecule has 0 atom stereocenters. The van der Waals surface area contributed by atoms with Gasteiger partial charge in [0.05, 0.1) is 12.2 Å². The van der Waals surface area contributed by atoms with E-state index in [9.17, 15) is 9.18 Å². The molecule has 2 aromatic carbocycles. The van der Waals surface area contributed by atoms with Gasteiger partial charge in [0.25, 0.3) is 0 Å². The van der Waals surface area contributed by atoms with Gasteiger partial charge < -0.3 is 4.74 Å². The van der Waals surface area contributed by atoms with Gasteiger partial charge in [-0.05, 0) is 23.8 Å². The summed E-state index contributed by atoms with van der Waals surface area (Å²) >= 11 is 3.15. The molecule has 0 radical (unpaired) electrons. The molecular weight excluding hydrogens is 311 g/mol. The number of carbonyl (C=O) groups excluding carboxylic acids is 1. The zero-order chi connectivity index (χ0) is 13.7. The second-order valence-electron chi connectivity index (χ2n) is 4.03. The summed E-state index contributed by atoms with van der Waals surface area (Å²) in [6.45, 7) is 0.207. The monoisotopic (exact) mass is 322 g/mol. The number of Topliss-reactive ketones (excluding diaryl/α,β-unsaturated/α-hetero) is 1. The van der Waals surface area contributed by atoms with Crippen molar-refractivity contribution in [2.45, 2.75) is 6.61 Å². The number of halogens is 2. The summed E-state index contributed by atoms with van der Waals surface area (Å²) in [5.74, 6) is -0.899. The number of carbonyl (C=O) groups is 1. The Kier molecular flexibility index (Phi) is 4.82. The van der Waals surface area contributed by atoms with Crippen LogP contribution in [0.15, 0.2) is 53.0 Å². The molecule has 0 saturated carbocycles. The van der Waals surface area contributed by atoms with Crippen molar-refractivity contribution in [2.75, 3.05) is 6.61 Å². The Hall–Kier alpha value is -1.52. The molecule has 2 nitrogen and oxygen atoms in total. The third kappa shape index (κ3) is 3.98. The van der Waals surface area contributed by atoms with Gasteiger partial charge in [0, 0.05) is 4.47 Å². The van der Waals surface area contributed by atoms with Crippen molar-refractivity contribution in [3.05, 3.63) is 69.9 Å². The van der Waals surface area contributed by atoms with Crippen LogP contribution in [0.2, 0.25) is 0 Å². The molecule has 0 aromatic heterocycles. The number of hydrogen-bond donors (Lipinski definition) is 0. The third-order valence-corrected chi connectivity index (χ3v) is 3.07. The van der Waals surface area contributed by atoms with E-state index >= 15 is 0 Å². The van der Waals surface area contributed by atoms with Crippen LogP contribution in [0.4, 0.5) is 4.39 Å². The number of ketones is 1. The lowest BCUT2D eigenvalue weighted by Gasteiger charge is -2.05. The van der Waals surface area contributed by atoms with E-state index in [0.29, 0.717) is 11.1 Å². The Labute approximate surface area is 119 Å². The zero-order valence-corrected chi connectivity index (χ0v) is 11.7. The first kappa shape index (κ1) is 13.9. The summed E-state index contributed by atoms with van der Waals surface area (Å²) in [4.78, 5) is 11.8. The van der Waals surface area contributed by atoms with Crippen molar-refractivity contribution in [1.29, 1.82) is 0 Å². The maximum Gasteiger partial charge on any atom is 0.191 e. The number of rotatable bonds is 5. The summed E-state index contributed by atoms with van der Waals surface area (Å²) in [6.07, 6.45) is 0. The van der Waals surface area contributed by atoms with E-state index in [2.05, 4.69) is 15.9 Å². The molecule has 0 bridgehead atoms. The summed E-state index contributed by atoms with van der Waals surface area (Å²) in [5.41, 5.74) is 1.03. The summed E-state index contributed by atoms with van der Waals surface area (Å²) in [7, 11) is 0. The molecule has 0 heterocycles. The van der Waals surface area contributed by atoms with E-state index in [0.717, 1.165) is 5.56 Å². The van der Waals surface area contributed by atoms with Gasteiger partial charge in [-0.2, -0.15) is 0 Å². The first-order chi connectivity index (χ1) is 9.16. The van der Waals surface area contributed by atoms with Crippen molar-refractivity contribution in [2.24, 2.45) is 0 Å². The van der Waals surface area contributed by atoms with Gasteiger partial charge in [-0.3, -0.25) is 4.79 Å². The Morgan fingerprint density at radius 3 is 2.58 bits per heavy atom. The van der Waals surface area contributed by atoms with Crippen LogP contribution in [0.3, 0.4) is 0 Å². The molecule has 19 heavy (non-hydrogen) atoms. The predicted octanol–water partition coefficient (Wildman–Crippen LogP) is 3.99. The van der Waals surface area contributed by atoms with Gasteiger partial charge in [-0.25, -0.2) is 4.39 Å². The number of benzene rings is 2. The number of hydrogen-bond acceptors (Lipinski definition) is 2. The summed E-state index contributed by atoms with van der Waals surface area (Å²) in [5, 5.41) is 0. The third-order valence-electron chi connectivity index (χ3n) is 2.58. The van der Waals surface area contributed by atoms with Crippen LogP contribution in [0, 0.1) is 5.82 Å². The maximum absolute atomic E-state index is 13.5. The minimum absolute atomic E-state index is 0.0521. The van der Waals surface area contributed by atoms with Gasteiger partial charge in [0.2, 0.25) is 0 Å². The van der Waals surface area contributed by atoms with E-state index < -0.39 is 5.82 Å². The molecule has 0 saturated heterocycles. The molecular formula is C15H12BrFO2. The zero-order valence-electron chi connectivity index (χ0n) is 10.1. The lowest BCUT2D eigenvalue weighted by Crippen LogP contribution is -2.11. The normalized spacial score (nSPS) is 10.4. The minimum atomic E-state index is -0.539. The van der Waals surface area contributed by atoms with Crippen LogP contribution < -0.4 is 0 Å². The molecule has 0 fully saturated rings. The van der Waals surface area contributed by atoms with Crippen LogP contribution in [-0.4, -0.2) is 12.4 Å². The molecule has 0 spiro atoms. The van der Waals surface area contributed by atoms with Crippen LogP contribution in [0.1, 0.15) is 15.9 Å². The van der Waals surface area contributed by atoms with Crippen LogP contribution >= 0.6 is 15.9 Å². The molecule has 4 heteroatoms. The second-order valence-corrected chi connectivity index (χ2v) is 4.94. The van der Waals surface area contributed by atoms with Crippen molar-refractivity contribution < 1.29 is 13.9 Å². The molecule has 2 aromatic rings. The van der Waals surface area contributed by atoms with Crippen LogP contribution in [-0.2, 0) is 11.3 Å². The second kappa shape index (κ2) is 6.59. The predicted molar refractivity (Wildman–Crippen MR) is 74.5 cm³/mol. The Morgan fingerprint density at radius 1 is 1.16 bits per heavy atom. The fourth-order valence-corrected chi connectivity index (χ4v) is 1.96. The average molecular weight is 323 g/mol. The molecule has 0 N–H and O–H groups in total. The van der Waals surface area contributed by atoms with E-state index in [1.807, 2.05) is 30.3 Å². The van der Waals surface area contributed by atoms with Gasteiger partial charge >= 0.3 is 0 Å². The first-order valence-electron chi connectivity index (χ1n) is 5.77. The Bertz CT molecular complexity index is 570. The Morgan fingerprint density at radius 2 is 1.89 bits per heavy atom. The largest absolute Gasteiger partial charge is 0.369 e. The van der Waals surface area contributed by atoms with Crippen molar-refractivity contribution in [3.8, 4) is 0 Å². The molecule has 0 unspecified atom stereocenters. The van der Waals surface area contributed by atoms with Gasteiger partial charge in [-0.15, -0.1) is 0 Å². The minimum Gasteiger partial charge on any atom is -0.369 e. The summed E-state index contributed by atoms with van der Waals surface area (Å²) in [6, 6.07) is 13.9. The first-order valence-corrected chi connectivity index (χ1v) is 6.56. The fourth-order valence-electron chi connectivity index (χ4n) is 1.63. The smallest absolute Gasteiger partial charge is 0.191 e. The number of ether oxygens (including phenoxy) is 1.